The fraction of sp³-hybridized carbons (Fsp3) is 0.0667. The second-order valence-electron chi connectivity index (χ2n) is 13.7. The van der Waals surface area contributed by atoms with E-state index in [9.17, 15) is 34.4 Å². The van der Waals surface area contributed by atoms with Gasteiger partial charge >= 0.3 is 6.18 Å². The summed E-state index contributed by atoms with van der Waals surface area (Å²) in [6.07, 6.45) is -3.74. The smallest absolute Gasteiger partial charge is 0.435 e. The van der Waals surface area contributed by atoms with Gasteiger partial charge in [-0.1, -0.05) is 66.2 Å². The lowest BCUT2D eigenvalue weighted by Gasteiger charge is -2.12. The van der Waals surface area contributed by atoms with Gasteiger partial charge in [-0.05, 0) is 109 Å². The van der Waals surface area contributed by atoms with Crippen molar-refractivity contribution in [1.29, 1.82) is 0 Å². The van der Waals surface area contributed by atoms with E-state index in [1.807, 2.05) is 54.6 Å². The number of nitrogens with zero attached hydrogens (tertiary/aromatic N) is 4. The van der Waals surface area contributed by atoms with Gasteiger partial charge in [0.05, 0.1) is 45.4 Å². The van der Waals surface area contributed by atoms with E-state index in [0.717, 1.165) is 51.3 Å². The number of ether oxygens (including phenoxy) is 1. The average molecular weight is 900 g/mol. The summed E-state index contributed by atoms with van der Waals surface area (Å²) in [7, 11) is -5.64. The minimum atomic E-state index is -4.79. The minimum absolute atomic E-state index is 0.0337. The highest BCUT2D eigenvalue weighted by molar-refractivity contribution is 7.90. The summed E-state index contributed by atoms with van der Waals surface area (Å²) in [5.74, 6) is 0.173. The Hall–Kier alpha value is -6.59. The summed E-state index contributed by atoms with van der Waals surface area (Å²) in [5, 5.41) is 14.5. The molecule has 0 amide bonds. The van der Waals surface area contributed by atoms with Crippen molar-refractivity contribution in [3.8, 4) is 62.0 Å². The first-order chi connectivity index (χ1) is 29.4. The molecule has 2 heterocycles. The Balaban J connectivity index is 0.000000187. The number of alkyl halides is 3. The molecular weight excluding hydrogens is 866 g/mol. The summed E-state index contributed by atoms with van der Waals surface area (Å²) in [5.41, 5.74) is 3.72. The zero-order valence-corrected chi connectivity index (χ0v) is 35.0. The highest BCUT2D eigenvalue weighted by atomic mass is 35.5. The summed E-state index contributed by atoms with van der Waals surface area (Å²) in [4.78, 5) is 0.0771. The monoisotopic (exact) mass is 899 g/mol. The number of hydrogen-bond acceptors (Lipinski definition) is 7. The van der Waals surface area contributed by atoms with Crippen molar-refractivity contribution < 1.29 is 39.1 Å². The topological polar surface area (TPSA) is 139 Å². The Morgan fingerprint density at radius 3 is 1.71 bits per heavy atom. The van der Waals surface area contributed by atoms with Crippen molar-refractivity contribution in [2.45, 2.75) is 16.0 Å². The average Bonchev–Trinajstić information content (AvgIpc) is 3.89. The van der Waals surface area contributed by atoms with Gasteiger partial charge in [0.1, 0.15) is 11.6 Å². The van der Waals surface area contributed by atoms with Crippen LogP contribution < -0.4 is 9.88 Å². The zero-order valence-electron chi connectivity index (χ0n) is 32.6. The quantitative estimate of drug-likeness (QED) is 0.142. The zero-order chi connectivity index (χ0) is 44.4. The Bertz CT molecular complexity index is 3070. The Morgan fingerprint density at radius 2 is 1.16 bits per heavy atom. The molecule has 0 fully saturated rings. The third-order valence-corrected chi connectivity index (χ3v) is 11.8. The minimum Gasteiger partial charge on any atom is -0.497 e. The fourth-order valence-corrected chi connectivity index (χ4v) is 7.75. The molecule has 316 valence electrons. The van der Waals surface area contributed by atoms with E-state index in [1.54, 1.807) is 54.3 Å². The molecule has 0 saturated carbocycles. The molecule has 0 bridgehead atoms. The van der Waals surface area contributed by atoms with Gasteiger partial charge in [-0.25, -0.2) is 35.7 Å². The van der Waals surface area contributed by atoms with Crippen molar-refractivity contribution in [1.82, 2.24) is 19.6 Å². The lowest BCUT2D eigenvalue weighted by molar-refractivity contribution is -0.140. The van der Waals surface area contributed by atoms with Gasteiger partial charge in [0.2, 0.25) is 10.0 Å². The molecule has 0 spiro atoms. The molecule has 8 aromatic rings. The van der Waals surface area contributed by atoms with Crippen molar-refractivity contribution in [2.75, 3.05) is 13.4 Å². The summed E-state index contributed by atoms with van der Waals surface area (Å²) in [6.45, 7) is 0. The Labute approximate surface area is 359 Å². The second kappa shape index (κ2) is 17.4. The third-order valence-electron chi connectivity index (χ3n) is 9.49. The van der Waals surface area contributed by atoms with Gasteiger partial charge in [0.15, 0.2) is 15.5 Å². The number of methoxy groups -OCH3 is 1. The van der Waals surface area contributed by atoms with Crippen LogP contribution in [-0.4, -0.2) is 49.8 Å². The van der Waals surface area contributed by atoms with Crippen LogP contribution in [0.3, 0.4) is 0 Å². The highest BCUT2D eigenvalue weighted by Gasteiger charge is 2.40. The molecule has 0 atom stereocenters. The van der Waals surface area contributed by atoms with Gasteiger partial charge in [0.25, 0.3) is 0 Å². The van der Waals surface area contributed by atoms with Gasteiger partial charge in [-0.15, -0.1) is 0 Å². The van der Waals surface area contributed by atoms with E-state index in [4.69, 9.17) is 26.6 Å². The molecule has 2 aromatic heterocycles. The predicted molar refractivity (Wildman–Crippen MR) is 230 cm³/mol. The number of sulfonamides is 1. The molecule has 62 heavy (non-hydrogen) atoms. The van der Waals surface area contributed by atoms with Gasteiger partial charge in [0, 0.05) is 33.5 Å². The van der Waals surface area contributed by atoms with Crippen molar-refractivity contribution >= 4 is 31.5 Å². The first-order valence-electron chi connectivity index (χ1n) is 18.4. The van der Waals surface area contributed by atoms with E-state index in [1.165, 1.54) is 48.5 Å². The van der Waals surface area contributed by atoms with E-state index >= 15 is 0 Å². The molecule has 0 unspecified atom stereocenters. The Kier molecular flexibility index (Phi) is 12.2. The lowest BCUT2D eigenvalue weighted by atomic mass is 9.98. The number of para-hydroxylation sites is 1. The molecule has 6 aromatic carbocycles. The van der Waals surface area contributed by atoms with Crippen LogP contribution in [0.1, 0.15) is 5.69 Å². The lowest BCUT2D eigenvalue weighted by Crippen LogP contribution is -2.12. The van der Waals surface area contributed by atoms with Crippen LogP contribution in [0.4, 0.5) is 17.6 Å². The van der Waals surface area contributed by atoms with E-state index < -0.39 is 37.5 Å². The largest absolute Gasteiger partial charge is 0.497 e. The van der Waals surface area contributed by atoms with Gasteiger partial charge in [-0.2, -0.15) is 23.4 Å². The van der Waals surface area contributed by atoms with Crippen LogP contribution in [0.15, 0.2) is 168 Å². The molecule has 2 N–H and O–H groups in total. The molecular formula is C45H34ClF4N5O5S2. The number of halogens is 5. The number of sulfone groups is 1. The van der Waals surface area contributed by atoms with Gasteiger partial charge in [-0.3, -0.25) is 0 Å². The van der Waals surface area contributed by atoms with Crippen molar-refractivity contribution in [3.05, 3.63) is 174 Å². The number of aromatic nitrogens is 4. The maximum Gasteiger partial charge on any atom is 0.435 e. The van der Waals surface area contributed by atoms with Crippen LogP contribution in [-0.2, 0) is 26.0 Å². The maximum absolute atomic E-state index is 14.0. The third kappa shape index (κ3) is 9.63. The SMILES string of the molecule is COc1ccc(-c2cc(-c3ccc(Cl)cc3)n(-c3ccc(S(N)(=O)=O)cc3)n2)cc1.CS(=O)(=O)c1ccc(-c2c(-c3ccc(F)cc3)c(C(F)(F)F)nn2-c2ccccc2)cc1. The maximum atomic E-state index is 14.0. The van der Waals surface area contributed by atoms with Crippen LogP contribution in [0, 0.1) is 5.82 Å². The molecule has 0 aliphatic heterocycles. The van der Waals surface area contributed by atoms with Crippen molar-refractivity contribution in [3.63, 3.8) is 0 Å². The van der Waals surface area contributed by atoms with Crippen LogP contribution in [0.2, 0.25) is 5.02 Å². The van der Waals surface area contributed by atoms with Crippen LogP contribution in [0.25, 0.3) is 56.3 Å². The second-order valence-corrected chi connectivity index (χ2v) is 17.7. The number of primary sulfonamides is 1. The summed E-state index contributed by atoms with van der Waals surface area (Å²) >= 11 is 6.04. The van der Waals surface area contributed by atoms with E-state index in [2.05, 4.69) is 5.10 Å². The highest BCUT2D eigenvalue weighted by Crippen LogP contribution is 2.44. The standard InChI is InChI=1S/C23H16F4N2O2S.C22H18ClN3O3S/c1-32(30,31)19-13-9-16(10-14-19)21-20(15-7-11-17(24)12-8-15)22(23(25,26)27)28-29(21)18-5-3-2-4-6-18;1-29-19-10-4-15(5-11-19)21-14-22(16-2-6-17(23)7-3-16)26(25-21)18-8-12-20(13-9-18)30(24,27)28/h2-14H,1H3;2-14H,1H3,(H2,24,27,28). The van der Waals surface area contributed by atoms with Gasteiger partial charge < -0.3 is 4.74 Å². The summed E-state index contributed by atoms with van der Waals surface area (Å²) in [6, 6.07) is 41.7. The first kappa shape index (κ1) is 43.5. The number of hydrogen-bond donors (Lipinski definition) is 1. The van der Waals surface area contributed by atoms with Crippen molar-refractivity contribution in [2.24, 2.45) is 5.14 Å². The van der Waals surface area contributed by atoms with Crippen LogP contribution >= 0.6 is 11.6 Å². The number of nitrogens with two attached hydrogens (primary N) is 1. The molecule has 8 rings (SSSR count). The first-order valence-corrected chi connectivity index (χ1v) is 22.2. The molecule has 0 aliphatic rings. The van der Waals surface area contributed by atoms with E-state index in [-0.39, 0.29) is 26.6 Å². The Morgan fingerprint density at radius 1 is 0.629 bits per heavy atom. The number of benzene rings is 6. The van der Waals surface area contributed by atoms with Crippen LogP contribution in [0.5, 0.6) is 5.75 Å². The molecule has 17 heteroatoms. The normalized spacial score (nSPS) is 11.8. The predicted octanol–water partition coefficient (Wildman–Crippen LogP) is 10.3. The van der Waals surface area contributed by atoms with E-state index in [0.29, 0.717) is 22.0 Å². The fourth-order valence-electron chi connectivity index (χ4n) is 6.47. The summed E-state index contributed by atoms with van der Waals surface area (Å²) < 4.78 is 111. The molecule has 0 saturated heterocycles. The molecule has 10 nitrogen and oxygen atoms in total. The molecule has 0 radical (unpaired) electrons. The number of rotatable bonds is 9. The molecule has 0 aliphatic carbocycles.